The zero-order chi connectivity index (χ0) is 14.3. The molecule has 0 bridgehead atoms. The van der Waals surface area contributed by atoms with Crippen molar-refractivity contribution in [3.05, 3.63) is 70.7 Å². The van der Waals surface area contributed by atoms with Crippen molar-refractivity contribution in [2.75, 3.05) is 0 Å². The lowest BCUT2D eigenvalue weighted by atomic mass is 10.0. The van der Waals surface area contributed by atoms with Gasteiger partial charge >= 0.3 is 0 Å². The molecule has 0 aliphatic carbocycles. The van der Waals surface area contributed by atoms with Gasteiger partial charge in [0, 0.05) is 5.39 Å². The van der Waals surface area contributed by atoms with Gasteiger partial charge in [-0.2, -0.15) is 0 Å². The van der Waals surface area contributed by atoms with Crippen LogP contribution in [0, 0.1) is 19.7 Å². The summed E-state index contributed by atoms with van der Waals surface area (Å²) in [6.07, 6.45) is 0. The number of aryl methyl sites for hydroxylation is 2. The third kappa shape index (κ3) is 2.10. The van der Waals surface area contributed by atoms with Gasteiger partial charge in [-0.15, -0.1) is 0 Å². The first-order valence-corrected chi connectivity index (χ1v) is 6.57. The molecule has 1 unspecified atom stereocenters. The molecule has 3 rings (SSSR count). The van der Waals surface area contributed by atoms with Gasteiger partial charge < -0.3 is 10.2 Å². The van der Waals surface area contributed by atoms with Crippen LogP contribution in [0.3, 0.4) is 0 Å². The van der Waals surface area contributed by atoms with Gasteiger partial charge in [0.05, 0.1) is 6.04 Å². The number of fused-ring (bicyclic) bond motifs is 1. The molecule has 0 spiro atoms. The van der Waals surface area contributed by atoms with Crippen molar-refractivity contribution >= 4 is 11.0 Å². The van der Waals surface area contributed by atoms with Gasteiger partial charge in [-0.25, -0.2) is 4.39 Å². The van der Waals surface area contributed by atoms with E-state index in [0.29, 0.717) is 16.9 Å². The van der Waals surface area contributed by atoms with Crippen molar-refractivity contribution in [1.82, 2.24) is 0 Å². The smallest absolute Gasteiger partial charge is 0.137 e. The minimum atomic E-state index is -0.461. The summed E-state index contributed by atoms with van der Waals surface area (Å²) in [6, 6.07) is 12.5. The molecule has 1 atom stereocenters. The standard InChI is InChI=1S/C17H16FNO/c1-10-6-7-12(8-14(10)18)16(19)15-9-13-5-3-4-11(2)17(13)20-15/h3-9,16H,19H2,1-2H3. The van der Waals surface area contributed by atoms with Gasteiger partial charge in [-0.1, -0.05) is 30.3 Å². The topological polar surface area (TPSA) is 39.2 Å². The van der Waals surface area contributed by atoms with Crippen LogP contribution in [0.1, 0.15) is 28.5 Å². The minimum absolute atomic E-state index is 0.245. The van der Waals surface area contributed by atoms with Crippen LogP contribution in [-0.4, -0.2) is 0 Å². The van der Waals surface area contributed by atoms with Crippen LogP contribution in [0.15, 0.2) is 46.9 Å². The summed E-state index contributed by atoms with van der Waals surface area (Å²) >= 11 is 0. The molecule has 0 saturated heterocycles. The van der Waals surface area contributed by atoms with E-state index >= 15 is 0 Å². The molecule has 0 aliphatic rings. The van der Waals surface area contributed by atoms with E-state index in [0.717, 1.165) is 16.5 Å². The van der Waals surface area contributed by atoms with Gasteiger partial charge in [0.2, 0.25) is 0 Å². The summed E-state index contributed by atoms with van der Waals surface area (Å²) in [4.78, 5) is 0. The third-order valence-electron chi connectivity index (χ3n) is 3.62. The highest BCUT2D eigenvalue weighted by Gasteiger charge is 2.16. The average molecular weight is 269 g/mol. The quantitative estimate of drug-likeness (QED) is 0.756. The van der Waals surface area contributed by atoms with E-state index in [9.17, 15) is 4.39 Å². The van der Waals surface area contributed by atoms with Crippen molar-refractivity contribution in [3.8, 4) is 0 Å². The van der Waals surface area contributed by atoms with Gasteiger partial charge in [0.1, 0.15) is 17.2 Å². The molecule has 0 amide bonds. The molecule has 1 heterocycles. The Bertz CT molecular complexity index is 776. The van der Waals surface area contributed by atoms with Crippen LogP contribution in [0.5, 0.6) is 0 Å². The van der Waals surface area contributed by atoms with Gasteiger partial charge in [0.15, 0.2) is 0 Å². The SMILES string of the molecule is Cc1ccc(C(N)c2cc3cccc(C)c3o2)cc1F. The number of furan rings is 1. The van der Waals surface area contributed by atoms with E-state index in [1.165, 1.54) is 6.07 Å². The second kappa shape index (κ2) is 4.76. The second-order valence-corrected chi connectivity index (χ2v) is 5.13. The van der Waals surface area contributed by atoms with E-state index in [1.807, 2.05) is 37.3 Å². The molecule has 2 aromatic carbocycles. The van der Waals surface area contributed by atoms with Crippen molar-refractivity contribution < 1.29 is 8.81 Å². The van der Waals surface area contributed by atoms with E-state index in [2.05, 4.69) is 0 Å². The molecule has 0 radical (unpaired) electrons. The maximum atomic E-state index is 13.6. The summed E-state index contributed by atoms with van der Waals surface area (Å²) in [5.41, 5.74) is 9.42. The third-order valence-corrected chi connectivity index (χ3v) is 3.62. The maximum Gasteiger partial charge on any atom is 0.137 e. The van der Waals surface area contributed by atoms with Crippen molar-refractivity contribution in [3.63, 3.8) is 0 Å². The predicted octanol–water partition coefficient (Wildman–Crippen LogP) is 4.24. The minimum Gasteiger partial charge on any atom is -0.459 e. The number of hydrogen-bond donors (Lipinski definition) is 1. The highest BCUT2D eigenvalue weighted by Crippen LogP contribution is 2.29. The largest absolute Gasteiger partial charge is 0.459 e. The fourth-order valence-electron chi connectivity index (χ4n) is 2.35. The van der Waals surface area contributed by atoms with Gasteiger partial charge in [-0.3, -0.25) is 0 Å². The fraction of sp³-hybridized carbons (Fsp3) is 0.176. The Morgan fingerprint density at radius 1 is 1.05 bits per heavy atom. The molecule has 0 fully saturated rings. The molecule has 0 saturated carbocycles. The first-order valence-electron chi connectivity index (χ1n) is 6.57. The molecular formula is C17H16FNO. The normalized spacial score (nSPS) is 12.8. The molecule has 20 heavy (non-hydrogen) atoms. The molecular weight excluding hydrogens is 253 g/mol. The van der Waals surface area contributed by atoms with Crippen molar-refractivity contribution in [2.24, 2.45) is 5.73 Å². The zero-order valence-corrected chi connectivity index (χ0v) is 11.5. The summed E-state index contributed by atoms with van der Waals surface area (Å²) in [7, 11) is 0. The van der Waals surface area contributed by atoms with Crippen molar-refractivity contribution in [2.45, 2.75) is 19.9 Å². The summed E-state index contributed by atoms with van der Waals surface area (Å²) in [5.74, 6) is 0.405. The highest BCUT2D eigenvalue weighted by atomic mass is 19.1. The number of hydrogen-bond acceptors (Lipinski definition) is 2. The number of para-hydroxylation sites is 1. The average Bonchev–Trinajstić information content (AvgIpc) is 2.86. The second-order valence-electron chi connectivity index (χ2n) is 5.13. The summed E-state index contributed by atoms with van der Waals surface area (Å²) in [5, 5.41) is 1.02. The van der Waals surface area contributed by atoms with Crippen LogP contribution in [-0.2, 0) is 0 Å². The lowest BCUT2D eigenvalue weighted by Gasteiger charge is -2.10. The number of rotatable bonds is 2. The molecule has 102 valence electrons. The van der Waals surface area contributed by atoms with E-state index in [4.69, 9.17) is 10.2 Å². The van der Waals surface area contributed by atoms with Crippen LogP contribution < -0.4 is 5.73 Å². The van der Waals surface area contributed by atoms with Crippen LogP contribution in [0.25, 0.3) is 11.0 Å². The Kier molecular flexibility index (Phi) is 3.07. The zero-order valence-electron chi connectivity index (χ0n) is 11.5. The van der Waals surface area contributed by atoms with E-state index in [1.54, 1.807) is 13.0 Å². The molecule has 2 nitrogen and oxygen atoms in total. The Morgan fingerprint density at radius 3 is 2.55 bits per heavy atom. The van der Waals surface area contributed by atoms with Crippen LogP contribution >= 0.6 is 0 Å². The molecule has 3 aromatic rings. The number of halogens is 1. The summed E-state index contributed by atoms with van der Waals surface area (Å²) in [6.45, 7) is 3.72. The van der Waals surface area contributed by atoms with Gasteiger partial charge in [-0.05, 0) is 42.7 Å². The lowest BCUT2D eigenvalue weighted by Crippen LogP contribution is -2.11. The van der Waals surface area contributed by atoms with E-state index < -0.39 is 6.04 Å². The maximum absolute atomic E-state index is 13.6. The van der Waals surface area contributed by atoms with Crippen LogP contribution in [0.2, 0.25) is 0 Å². The Morgan fingerprint density at radius 2 is 1.85 bits per heavy atom. The lowest BCUT2D eigenvalue weighted by molar-refractivity contribution is 0.521. The Hall–Kier alpha value is -2.13. The molecule has 0 aliphatic heterocycles. The summed E-state index contributed by atoms with van der Waals surface area (Å²) < 4.78 is 19.5. The first-order chi connectivity index (χ1) is 9.56. The first kappa shape index (κ1) is 12.9. The molecule has 1 aromatic heterocycles. The predicted molar refractivity (Wildman–Crippen MR) is 78.1 cm³/mol. The Balaban J connectivity index is 2.05. The molecule has 2 N–H and O–H groups in total. The Labute approximate surface area is 117 Å². The monoisotopic (exact) mass is 269 g/mol. The van der Waals surface area contributed by atoms with E-state index in [-0.39, 0.29) is 5.82 Å². The highest BCUT2D eigenvalue weighted by molar-refractivity contribution is 5.81. The number of nitrogens with two attached hydrogens (primary N) is 1. The fourth-order valence-corrected chi connectivity index (χ4v) is 2.35. The number of benzene rings is 2. The molecule has 3 heteroatoms. The van der Waals surface area contributed by atoms with Gasteiger partial charge in [0.25, 0.3) is 0 Å². The van der Waals surface area contributed by atoms with Crippen molar-refractivity contribution in [1.29, 1.82) is 0 Å². The van der Waals surface area contributed by atoms with Crippen LogP contribution in [0.4, 0.5) is 4.39 Å².